The number of nitrogens with zero attached hydrogens (tertiary/aromatic N) is 1. The van der Waals surface area contributed by atoms with Crippen molar-refractivity contribution in [3.63, 3.8) is 0 Å². The lowest BCUT2D eigenvalue weighted by atomic mass is 9.86. The molecule has 2 aromatic rings. The second-order valence-electron chi connectivity index (χ2n) is 4.93. The number of rotatable bonds is 2. The summed E-state index contributed by atoms with van der Waals surface area (Å²) in [5, 5.41) is 14.6. The van der Waals surface area contributed by atoms with Crippen LogP contribution in [0.1, 0.15) is 16.8 Å². The maximum Gasteiger partial charge on any atom is 0.160 e. The molecule has 2 heterocycles. The molecular formula is C15H13ClN2O2. The van der Waals surface area contributed by atoms with Gasteiger partial charge in [0.2, 0.25) is 0 Å². The Morgan fingerprint density at radius 2 is 2.20 bits per heavy atom. The predicted octanol–water partition coefficient (Wildman–Crippen LogP) is 2.27. The van der Waals surface area contributed by atoms with Gasteiger partial charge in [-0.2, -0.15) is 0 Å². The minimum atomic E-state index is -1.51. The molecule has 0 saturated heterocycles. The van der Waals surface area contributed by atoms with E-state index in [9.17, 15) is 9.90 Å². The Hall–Kier alpha value is -1.91. The number of pyridine rings is 1. The van der Waals surface area contributed by atoms with Gasteiger partial charge in [-0.1, -0.05) is 29.3 Å². The lowest BCUT2D eigenvalue weighted by molar-refractivity contribution is -0.112. The molecule has 2 N–H and O–H groups in total. The molecule has 0 radical (unpaired) electrons. The summed E-state index contributed by atoms with van der Waals surface area (Å²) in [6, 6.07) is 8.05. The van der Waals surface area contributed by atoms with Gasteiger partial charge in [0.05, 0.1) is 5.69 Å². The van der Waals surface area contributed by atoms with Crippen molar-refractivity contribution in [3.05, 3.63) is 58.4 Å². The van der Waals surface area contributed by atoms with E-state index in [1.165, 1.54) is 6.20 Å². The minimum Gasteiger partial charge on any atom is -0.376 e. The molecule has 1 aliphatic heterocycles. The van der Waals surface area contributed by atoms with Gasteiger partial charge in [-0.15, -0.1) is 0 Å². The topological polar surface area (TPSA) is 62.2 Å². The zero-order valence-corrected chi connectivity index (χ0v) is 11.6. The summed E-state index contributed by atoms with van der Waals surface area (Å²) >= 11 is 5.97. The molecule has 1 aromatic carbocycles. The van der Waals surface area contributed by atoms with Gasteiger partial charge in [0.1, 0.15) is 12.3 Å². The molecule has 0 fully saturated rings. The second kappa shape index (κ2) is 4.58. The molecule has 4 nitrogen and oxygen atoms in total. The van der Waals surface area contributed by atoms with Crippen LogP contribution in [-0.4, -0.2) is 22.4 Å². The van der Waals surface area contributed by atoms with E-state index in [-0.39, 0.29) is 0 Å². The molecule has 5 heteroatoms. The number of carbonyl (C=O) groups is 1. The molecule has 20 heavy (non-hydrogen) atoms. The molecule has 1 aromatic heterocycles. The number of halogens is 1. The summed E-state index contributed by atoms with van der Waals surface area (Å²) in [6.07, 6.45) is 2.21. The summed E-state index contributed by atoms with van der Waals surface area (Å²) in [5.41, 5.74) is 1.23. The zero-order chi connectivity index (χ0) is 14.3. The van der Waals surface area contributed by atoms with Gasteiger partial charge in [-0.05, 0) is 25.1 Å². The number of fused-ring (bicyclic) bond motifs is 1. The third-order valence-corrected chi connectivity index (χ3v) is 3.83. The lowest BCUT2D eigenvalue weighted by Crippen LogP contribution is -2.41. The van der Waals surface area contributed by atoms with E-state index in [1.54, 1.807) is 12.1 Å². The van der Waals surface area contributed by atoms with Gasteiger partial charge < -0.3 is 15.2 Å². The SMILES string of the molecule is Cc1ccc2c(c1)C(O)(c1cc(Cl)ccn1)C(C=O)N2. The number of anilines is 1. The fraction of sp³-hybridized carbons (Fsp3) is 0.200. The van der Waals surface area contributed by atoms with E-state index in [4.69, 9.17) is 11.6 Å². The first-order chi connectivity index (χ1) is 9.55. The van der Waals surface area contributed by atoms with Crippen LogP contribution in [0.25, 0.3) is 0 Å². The van der Waals surface area contributed by atoms with Crippen LogP contribution in [0, 0.1) is 6.92 Å². The quantitative estimate of drug-likeness (QED) is 0.832. The minimum absolute atomic E-state index is 0.360. The third kappa shape index (κ3) is 1.80. The molecule has 0 bridgehead atoms. The van der Waals surface area contributed by atoms with Crippen LogP contribution >= 0.6 is 11.6 Å². The summed E-state index contributed by atoms with van der Waals surface area (Å²) < 4.78 is 0. The molecule has 0 amide bonds. The van der Waals surface area contributed by atoms with Crippen LogP contribution in [0.4, 0.5) is 5.69 Å². The molecule has 1 aliphatic rings. The number of hydrogen-bond donors (Lipinski definition) is 2. The van der Waals surface area contributed by atoms with Crippen molar-refractivity contribution in [3.8, 4) is 0 Å². The van der Waals surface area contributed by atoms with E-state index in [2.05, 4.69) is 10.3 Å². The highest BCUT2D eigenvalue weighted by Gasteiger charge is 2.48. The fourth-order valence-electron chi connectivity index (χ4n) is 2.58. The Morgan fingerprint density at radius 3 is 2.90 bits per heavy atom. The summed E-state index contributed by atoms with van der Waals surface area (Å²) in [6.45, 7) is 1.93. The molecule has 2 atom stereocenters. The van der Waals surface area contributed by atoms with E-state index < -0.39 is 11.6 Å². The van der Waals surface area contributed by atoms with Gasteiger partial charge in [0, 0.05) is 22.5 Å². The van der Waals surface area contributed by atoms with E-state index >= 15 is 0 Å². The number of benzene rings is 1. The van der Waals surface area contributed by atoms with E-state index in [0.717, 1.165) is 11.3 Å². The predicted molar refractivity (Wildman–Crippen MR) is 76.9 cm³/mol. The van der Waals surface area contributed by atoms with Crippen molar-refractivity contribution in [1.29, 1.82) is 0 Å². The van der Waals surface area contributed by atoms with Gasteiger partial charge in [-0.3, -0.25) is 4.98 Å². The summed E-state index contributed by atoms with van der Waals surface area (Å²) in [7, 11) is 0. The Balaban J connectivity index is 2.24. The molecule has 2 unspecified atom stereocenters. The van der Waals surface area contributed by atoms with Gasteiger partial charge in [-0.25, -0.2) is 0 Å². The van der Waals surface area contributed by atoms with Crippen LogP contribution in [0.5, 0.6) is 0 Å². The van der Waals surface area contributed by atoms with Crippen molar-refractivity contribution in [2.45, 2.75) is 18.6 Å². The Labute approximate surface area is 121 Å². The number of aryl methyl sites for hydroxylation is 1. The maximum absolute atomic E-state index is 11.4. The van der Waals surface area contributed by atoms with E-state index in [0.29, 0.717) is 22.6 Å². The van der Waals surface area contributed by atoms with Crippen LogP contribution < -0.4 is 5.32 Å². The van der Waals surface area contributed by atoms with Crippen molar-refractivity contribution < 1.29 is 9.90 Å². The Bertz CT molecular complexity index is 689. The average molecular weight is 289 g/mol. The van der Waals surface area contributed by atoms with Crippen LogP contribution in [0.2, 0.25) is 5.02 Å². The number of aliphatic hydroxyl groups is 1. The first kappa shape index (κ1) is 13.1. The molecule has 0 spiro atoms. The number of aromatic nitrogens is 1. The first-order valence-electron chi connectivity index (χ1n) is 6.23. The van der Waals surface area contributed by atoms with Gasteiger partial charge in [0.15, 0.2) is 5.60 Å². The average Bonchev–Trinajstić information content (AvgIpc) is 2.73. The van der Waals surface area contributed by atoms with E-state index in [1.807, 2.05) is 25.1 Å². The molecular weight excluding hydrogens is 276 g/mol. The summed E-state index contributed by atoms with van der Waals surface area (Å²) in [5.74, 6) is 0. The maximum atomic E-state index is 11.4. The zero-order valence-electron chi connectivity index (χ0n) is 10.8. The van der Waals surface area contributed by atoms with Gasteiger partial charge in [0.25, 0.3) is 0 Å². The molecule has 102 valence electrons. The van der Waals surface area contributed by atoms with Crippen molar-refractivity contribution in [1.82, 2.24) is 4.98 Å². The smallest absolute Gasteiger partial charge is 0.160 e. The number of nitrogens with one attached hydrogen (secondary N) is 1. The Kier molecular flexibility index (Phi) is 3.00. The first-order valence-corrected chi connectivity index (χ1v) is 6.61. The lowest BCUT2D eigenvalue weighted by Gasteiger charge is -2.26. The molecule has 0 saturated carbocycles. The highest BCUT2D eigenvalue weighted by molar-refractivity contribution is 6.30. The number of aldehydes is 1. The van der Waals surface area contributed by atoms with Crippen LogP contribution in [0.3, 0.4) is 0 Å². The Morgan fingerprint density at radius 1 is 1.40 bits per heavy atom. The van der Waals surface area contributed by atoms with Crippen molar-refractivity contribution in [2.24, 2.45) is 0 Å². The summed E-state index contributed by atoms with van der Waals surface area (Å²) in [4.78, 5) is 15.5. The number of carbonyl (C=O) groups excluding carboxylic acids is 1. The standard InChI is InChI=1S/C15H13ClN2O2/c1-9-2-3-12-11(6-9)15(20,14(8-19)18-12)13-7-10(16)4-5-17-13/h2-8,14,18,20H,1H3. The van der Waals surface area contributed by atoms with Crippen molar-refractivity contribution >= 4 is 23.6 Å². The fourth-order valence-corrected chi connectivity index (χ4v) is 2.74. The highest BCUT2D eigenvalue weighted by atomic mass is 35.5. The van der Waals surface area contributed by atoms with Crippen LogP contribution in [0.15, 0.2) is 36.5 Å². The monoisotopic (exact) mass is 288 g/mol. The van der Waals surface area contributed by atoms with Gasteiger partial charge >= 0.3 is 0 Å². The molecule has 3 rings (SSSR count). The normalized spacial score (nSPS) is 24.1. The third-order valence-electron chi connectivity index (χ3n) is 3.60. The number of hydrogen-bond acceptors (Lipinski definition) is 4. The highest BCUT2D eigenvalue weighted by Crippen LogP contribution is 2.43. The second-order valence-corrected chi connectivity index (χ2v) is 5.37. The largest absolute Gasteiger partial charge is 0.376 e. The molecule has 0 aliphatic carbocycles. The van der Waals surface area contributed by atoms with Crippen LogP contribution in [-0.2, 0) is 10.4 Å². The van der Waals surface area contributed by atoms with Crippen molar-refractivity contribution in [2.75, 3.05) is 5.32 Å².